The van der Waals surface area contributed by atoms with E-state index in [0.717, 1.165) is 11.3 Å². The van der Waals surface area contributed by atoms with Gasteiger partial charge in [-0.2, -0.15) is 18.2 Å². The number of alkyl halides is 3. The number of hydrogen-bond acceptors (Lipinski definition) is 6. The summed E-state index contributed by atoms with van der Waals surface area (Å²) in [5, 5.41) is 0. The highest BCUT2D eigenvalue weighted by Gasteiger charge is 2.36. The Morgan fingerprint density at radius 2 is 2.00 bits per heavy atom. The van der Waals surface area contributed by atoms with Gasteiger partial charge in [0.05, 0.1) is 12.3 Å². The lowest BCUT2D eigenvalue weighted by atomic mass is 10.4. The van der Waals surface area contributed by atoms with Crippen molar-refractivity contribution in [3.63, 3.8) is 0 Å². The van der Waals surface area contributed by atoms with Crippen LogP contribution in [0.15, 0.2) is 4.34 Å². The van der Waals surface area contributed by atoms with E-state index in [0.29, 0.717) is 4.70 Å². The maximum Gasteiger partial charge on any atom is 0.451 e. The summed E-state index contributed by atoms with van der Waals surface area (Å²) in [7, 11) is 1.35. The normalized spacial score (nSPS) is 14.0. The van der Waals surface area contributed by atoms with Gasteiger partial charge in [0.15, 0.2) is 5.65 Å². The molecule has 104 valence electrons. The van der Waals surface area contributed by atoms with Gasteiger partial charge in [-0.3, -0.25) is 0 Å². The summed E-state index contributed by atoms with van der Waals surface area (Å²) in [5.41, 5.74) is -0.0152. The number of fused-ring (bicyclic) bond motifs is 1. The highest BCUT2D eigenvalue weighted by atomic mass is 32.2. The Morgan fingerprint density at radius 3 is 2.53 bits per heavy atom. The van der Waals surface area contributed by atoms with Gasteiger partial charge in [0, 0.05) is 18.3 Å². The van der Waals surface area contributed by atoms with Crippen LogP contribution in [0, 0.1) is 0 Å². The Labute approximate surface area is 113 Å². The summed E-state index contributed by atoms with van der Waals surface area (Å²) in [6, 6.07) is 0. The van der Waals surface area contributed by atoms with E-state index >= 15 is 0 Å². The summed E-state index contributed by atoms with van der Waals surface area (Å²) >= 11 is -0.376. The molecule has 2 rings (SSSR count). The third kappa shape index (κ3) is 2.96. The maximum absolute atomic E-state index is 12.7. The minimum atomic E-state index is -4.66. The molecule has 2 aromatic heterocycles. The van der Waals surface area contributed by atoms with E-state index in [2.05, 4.69) is 15.0 Å². The highest BCUT2D eigenvalue weighted by molar-refractivity contribution is 7.92. The predicted octanol–water partition coefficient (Wildman–Crippen LogP) is 1.99. The maximum atomic E-state index is 12.7. The van der Waals surface area contributed by atoms with Gasteiger partial charge >= 0.3 is 10.5 Å². The molecule has 1 unspecified atom stereocenters. The molecule has 1 atom stereocenters. The summed E-state index contributed by atoms with van der Waals surface area (Å²) in [6.07, 6.45) is -3.27. The Balaban J connectivity index is 2.65. The molecule has 5 nitrogen and oxygen atoms in total. The second kappa shape index (κ2) is 5.19. The zero-order valence-electron chi connectivity index (χ0n) is 9.82. The van der Waals surface area contributed by atoms with Gasteiger partial charge in [-0.05, 0) is 0 Å². The van der Waals surface area contributed by atoms with E-state index in [4.69, 9.17) is 4.74 Å². The lowest BCUT2D eigenvalue weighted by Gasteiger charge is -2.06. The number of nitrogens with zero attached hydrogens (tertiary/aromatic N) is 3. The van der Waals surface area contributed by atoms with Crippen molar-refractivity contribution in [3.05, 3.63) is 11.5 Å². The van der Waals surface area contributed by atoms with Crippen LogP contribution in [0.1, 0.15) is 11.5 Å². The number of rotatable bonds is 3. The molecule has 2 aromatic rings. The molecule has 2 heterocycles. The van der Waals surface area contributed by atoms with Crippen molar-refractivity contribution in [1.82, 2.24) is 15.0 Å². The molecule has 0 aliphatic heterocycles. The van der Waals surface area contributed by atoms with Gasteiger partial charge in [-0.25, -0.2) is 9.97 Å². The van der Waals surface area contributed by atoms with Gasteiger partial charge in [-0.1, -0.05) is 11.3 Å². The largest absolute Gasteiger partial charge is 0.610 e. The van der Waals surface area contributed by atoms with Crippen molar-refractivity contribution in [2.45, 2.75) is 17.1 Å². The molecule has 0 aliphatic carbocycles. The van der Waals surface area contributed by atoms with Crippen molar-refractivity contribution >= 4 is 32.9 Å². The van der Waals surface area contributed by atoms with Crippen LogP contribution in [-0.4, -0.2) is 32.9 Å². The minimum absolute atomic E-state index is 0.0917. The lowest BCUT2D eigenvalue weighted by molar-refractivity contribution is -0.144. The number of methoxy groups -OCH3 is 1. The van der Waals surface area contributed by atoms with Gasteiger partial charge < -0.3 is 9.29 Å². The smallest absolute Gasteiger partial charge is 0.451 e. The SMILES string of the molecule is COCc1nc(C(F)(F)F)nc2nc([S+](C)[O-])sc12. The van der Waals surface area contributed by atoms with Crippen LogP contribution in [0.4, 0.5) is 13.2 Å². The fourth-order valence-corrected chi connectivity index (χ4v) is 2.99. The molecule has 10 heteroatoms. The molecule has 0 radical (unpaired) electrons. The molecule has 0 fully saturated rings. The zero-order valence-corrected chi connectivity index (χ0v) is 11.4. The van der Waals surface area contributed by atoms with Gasteiger partial charge in [0.2, 0.25) is 5.82 Å². The quantitative estimate of drug-likeness (QED) is 0.811. The van der Waals surface area contributed by atoms with E-state index in [-0.39, 0.29) is 22.3 Å². The van der Waals surface area contributed by atoms with Crippen LogP contribution in [0.5, 0.6) is 0 Å². The van der Waals surface area contributed by atoms with Gasteiger partial charge in [-0.15, -0.1) is 0 Å². The minimum Gasteiger partial charge on any atom is -0.610 e. The molecule has 0 spiro atoms. The summed E-state index contributed by atoms with van der Waals surface area (Å²) < 4.78 is 54.7. The molecule has 0 bridgehead atoms. The molecule has 0 aliphatic rings. The van der Waals surface area contributed by atoms with Gasteiger partial charge in [0.1, 0.15) is 11.0 Å². The number of aromatic nitrogens is 3. The first-order valence-corrected chi connectivity index (χ1v) is 7.27. The van der Waals surface area contributed by atoms with E-state index in [9.17, 15) is 17.7 Å². The van der Waals surface area contributed by atoms with Crippen LogP contribution < -0.4 is 0 Å². The third-order valence-corrected chi connectivity index (χ3v) is 4.51. The molecule has 0 saturated heterocycles. The van der Waals surface area contributed by atoms with Crippen molar-refractivity contribution in [2.75, 3.05) is 13.4 Å². The first kappa shape index (κ1) is 14.4. The molecule has 0 aromatic carbocycles. The van der Waals surface area contributed by atoms with Crippen molar-refractivity contribution in [3.8, 4) is 0 Å². The molecule has 0 saturated carbocycles. The van der Waals surface area contributed by atoms with E-state index in [1.165, 1.54) is 13.4 Å². The van der Waals surface area contributed by atoms with Crippen molar-refractivity contribution in [1.29, 1.82) is 0 Å². The van der Waals surface area contributed by atoms with Crippen LogP contribution in [-0.2, 0) is 28.7 Å². The average Bonchev–Trinajstić information content (AvgIpc) is 2.72. The fraction of sp³-hybridized carbons (Fsp3) is 0.444. The zero-order chi connectivity index (χ0) is 14.2. The molecule has 0 amide bonds. The van der Waals surface area contributed by atoms with Crippen LogP contribution in [0.2, 0.25) is 0 Å². The van der Waals surface area contributed by atoms with Crippen LogP contribution >= 0.6 is 11.3 Å². The topological polar surface area (TPSA) is 71.0 Å². The monoisotopic (exact) mass is 311 g/mol. The Bertz CT molecular complexity index is 600. The number of thiazole rings is 1. The van der Waals surface area contributed by atoms with E-state index < -0.39 is 23.2 Å². The van der Waals surface area contributed by atoms with Crippen LogP contribution in [0.25, 0.3) is 10.3 Å². The molecule has 0 N–H and O–H groups in total. The Hall–Kier alpha value is -0.970. The highest BCUT2D eigenvalue weighted by Crippen LogP contribution is 2.32. The first-order chi connectivity index (χ1) is 8.82. The fourth-order valence-electron chi connectivity index (χ4n) is 1.34. The standard InChI is InChI=1S/C9H8F3N3O2S2/c1-17-3-4-5-6(15-8(18-5)19(2)16)14-7(13-4)9(10,11)12/h3H2,1-2H3. The van der Waals surface area contributed by atoms with Crippen LogP contribution in [0.3, 0.4) is 0 Å². The molecular formula is C9H8F3N3O2S2. The predicted molar refractivity (Wildman–Crippen MR) is 63.3 cm³/mol. The Kier molecular flexibility index (Phi) is 3.95. The lowest BCUT2D eigenvalue weighted by Crippen LogP contribution is -2.13. The second-order valence-electron chi connectivity index (χ2n) is 3.51. The van der Waals surface area contributed by atoms with Crippen molar-refractivity contribution in [2.24, 2.45) is 0 Å². The number of halogens is 3. The average molecular weight is 311 g/mol. The second-order valence-corrected chi connectivity index (χ2v) is 6.06. The number of hydrogen-bond donors (Lipinski definition) is 0. The Morgan fingerprint density at radius 1 is 1.32 bits per heavy atom. The van der Waals surface area contributed by atoms with Crippen molar-refractivity contribution < 1.29 is 22.5 Å². The summed E-state index contributed by atoms with van der Waals surface area (Å²) in [4.78, 5) is 10.7. The van der Waals surface area contributed by atoms with E-state index in [1.807, 2.05) is 0 Å². The summed E-state index contributed by atoms with van der Waals surface area (Å²) in [5.74, 6) is -1.27. The number of ether oxygens (including phenoxy) is 1. The first-order valence-electron chi connectivity index (χ1n) is 4.90. The summed E-state index contributed by atoms with van der Waals surface area (Å²) in [6.45, 7) is -0.0971. The van der Waals surface area contributed by atoms with Gasteiger partial charge in [0.25, 0.3) is 0 Å². The van der Waals surface area contributed by atoms with E-state index in [1.54, 1.807) is 0 Å². The molecular weight excluding hydrogens is 303 g/mol. The molecule has 19 heavy (non-hydrogen) atoms. The third-order valence-electron chi connectivity index (χ3n) is 2.08.